The quantitative estimate of drug-likeness (QED) is 0.608. The molecule has 2 aromatic heterocycles. The molecule has 4 heteroatoms. The first kappa shape index (κ1) is 15.4. The number of hydrogen-bond acceptors (Lipinski definition) is 3. The Labute approximate surface area is 146 Å². The van der Waals surface area contributed by atoms with Crippen molar-refractivity contribution in [1.29, 1.82) is 0 Å². The van der Waals surface area contributed by atoms with Gasteiger partial charge in [-0.05, 0) is 72.9 Å². The standard InChI is InChI=1S/C21H19N3O/c1-14-12-19-21(20(25)8-10-22-19)15(2)18(14)13-16-4-6-17(7-5-16)24-11-3-9-23-24/h3-12H,13H2,1-2H3,(H,22,25). The van der Waals surface area contributed by atoms with Crippen LogP contribution in [0, 0.1) is 13.8 Å². The van der Waals surface area contributed by atoms with Crippen molar-refractivity contribution in [2.45, 2.75) is 20.3 Å². The molecule has 2 aromatic carbocycles. The minimum absolute atomic E-state index is 0.290. The van der Waals surface area contributed by atoms with Gasteiger partial charge in [-0.2, -0.15) is 5.10 Å². The molecule has 2 heterocycles. The molecule has 4 aromatic rings. The van der Waals surface area contributed by atoms with Gasteiger partial charge >= 0.3 is 0 Å². The average molecular weight is 329 g/mol. The third kappa shape index (κ3) is 2.76. The molecule has 0 amide bonds. The number of aromatic hydroxyl groups is 1. The molecule has 1 N–H and O–H groups in total. The van der Waals surface area contributed by atoms with Crippen LogP contribution in [0.25, 0.3) is 16.6 Å². The Morgan fingerprint density at radius 1 is 1.04 bits per heavy atom. The Bertz CT molecular complexity index is 1040. The van der Waals surface area contributed by atoms with E-state index in [1.807, 2.05) is 16.9 Å². The first-order chi connectivity index (χ1) is 12.1. The van der Waals surface area contributed by atoms with Crippen LogP contribution >= 0.6 is 0 Å². The molecule has 0 atom stereocenters. The SMILES string of the molecule is Cc1cc2nccc(O)c2c(C)c1Cc1ccc(-n2cccn2)cc1. The topological polar surface area (TPSA) is 50.9 Å². The lowest BCUT2D eigenvalue weighted by Crippen LogP contribution is -1.99. The van der Waals surface area contributed by atoms with Crippen LogP contribution in [-0.4, -0.2) is 19.9 Å². The normalized spacial score (nSPS) is 11.1. The summed E-state index contributed by atoms with van der Waals surface area (Å²) in [5.41, 5.74) is 6.64. The summed E-state index contributed by atoms with van der Waals surface area (Å²) in [6.45, 7) is 4.16. The van der Waals surface area contributed by atoms with Crippen LogP contribution in [-0.2, 0) is 6.42 Å². The van der Waals surface area contributed by atoms with Crippen molar-refractivity contribution in [3.8, 4) is 11.4 Å². The maximum absolute atomic E-state index is 10.2. The fourth-order valence-corrected chi connectivity index (χ4v) is 3.36. The molecule has 0 aliphatic rings. The van der Waals surface area contributed by atoms with E-state index in [1.165, 1.54) is 16.7 Å². The minimum Gasteiger partial charge on any atom is -0.507 e. The molecule has 0 saturated carbocycles. The van der Waals surface area contributed by atoms with E-state index in [-0.39, 0.29) is 5.75 Å². The number of hydrogen-bond donors (Lipinski definition) is 1. The van der Waals surface area contributed by atoms with Crippen molar-refractivity contribution < 1.29 is 5.11 Å². The molecule has 0 aliphatic heterocycles. The second-order valence-electron chi connectivity index (χ2n) is 6.32. The van der Waals surface area contributed by atoms with Crippen LogP contribution in [0.2, 0.25) is 0 Å². The number of aryl methyl sites for hydroxylation is 2. The fourth-order valence-electron chi connectivity index (χ4n) is 3.36. The number of benzene rings is 2. The van der Waals surface area contributed by atoms with Gasteiger partial charge in [0.05, 0.1) is 11.2 Å². The molecule has 0 bridgehead atoms. The smallest absolute Gasteiger partial charge is 0.126 e. The van der Waals surface area contributed by atoms with Crippen LogP contribution in [0.15, 0.2) is 61.1 Å². The summed E-state index contributed by atoms with van der Waals surface area (Å²) in [6.07, 6.45) is 6.17. The summed E-state index contributed by atoms with van der Waals surface area (Å²) < 4.78 is 1.85. The molecule has 25 heavy (non-hydrogen) atoms. The van der Waals surface area contributed by atoms with Crippen molar-refractivity contribution in [2.24, 2.45) is 0 Å². The average Bonchev–Trinajstić information content (AvgIpc) is 3.13. The monoisotopic (exact) mass is 329 g/mol. The van der Waals surface area contributed by atoms with Gasteiger partial charge in [-0.1, -0.05) is 12.1 Å². The third-order valence-electron chi connectivity index (χ3n) is 4.70. The molecular weight excluding hydrogens is 310 g/mol. The molecule has 0 spiro atoms. The first-order valence-corrected chi connectivity index (χ1v) is 8.29. The number of pyridine rings is 1. The second-order valence-corrected chi connectivity index (χ2v) is 6.32. The molecule has 0 unspecified atom stereocenters. The zero-order valence-electron chi connectivity index (χ0n) is 14.3. The van der Waals surface area contributed by atoms with E-state index in [4.69, 9.17) is 0 Å². The van der Waals surface area contributed by atoms with Crippen molar-refractivity contribution in [3.05, 3.63) is 83.3 Å². The van der Waals surface area contributed by atoms with Crippen LogP contribution in [0.4, 0.5) is 0 Å². The maximum Gasteiger partial charge on any atom is 0.126 e. The van der Waals surface area contributed by atoms with Gasteiger partial charge in [-0.15, -0.1) is 0 Å². The van der Waals surface area contributed by atoms with Gasteiger partial charge in [0.2, 0.25) is 0 Å². The van der Waals surface area contributed by atoms with Crippen molar-refractivity contribution in [3.63, 3.8) is 0 Å². The van der Waals surface area contributed by atoms with E-state index in [0.29, 0.717) is 0 Å². The predicted molar refractivity (Wildman–Crippen MR) is 99.3 cm³/mol. The van der Waals surface area contributed by atoms with Crippen molar-refractivity contribution >= 4 is 10.9 Å². The van der Waals surface area contributed by atoms with E-state index in [2.05, 4.69) is 54.3 Å². The lowest BCUT2D eigenvalue weighted by atomic mass is 9.92. The van der Waals surface area contributed by atoms with Crippen LogP contribution in [0.1, 0.15) is 22.3 Å². The van der Waals surface area contributed by atoms with Crippen LogP contribution < -0.4 is 0 Å². The molecule has 124 valence electrons. The number of rotatable bonds is 3. The number of fused-ring (bicyclic) bond motifs is 1. The van der Waals surface area contributed by atoms with Gasteiger partial charge in [0.1, 0.15) is 5.75 Å². The Balaban J connectivity index is 1.72. The first-order valence-electron chi connectivity index (χ1n) is 8.29. The molecule has 4 rings (SSSR count). The lowest BCUT2D eigenvalue weighted by Gasteiger charge is -2.14. The summed E-state index contributed by atoms with van der Waals surface area (Å²) in [6, 6.07) is 14.0. The predicted octanol–water partition coefficient (Wildman–Crippen LogP) is 4.33. The van der Waals surface area contributed by atoms with Gasteiger partial charge in [0.15, 0.2) is 0 Å². The largest absolute Gasteiger partial charge is 0.507 e. The zero-order chi connectivity index (χ0) is 17.4. The molecule has 0 saturated heterocycles. The Kier molecular flexibility index (Phi) is 3.73. The Morgan fingerprint density at radius 3 is 2.56 bits per heavy atom. The van der Waals surface area contributed by atoms with Crippen LogP contribution in [0.3, 0.4) is 0 Å². The van der Waals surface area contributed by atoms with Gasteiger partial charge < -0.3 is 5.11 Å². The Hall–Kier alpha value is -3.14. The van der Waals surface area contributed by atoms with E-state index < -0.39 is 0 Å². The third-order valence-corrected chi connectivity index (χ3v) is 4.70. The van der Waals surface area contributed by atoms with Gasteiger partial charge in [0.25, 0.3) is 0 Å². The summed E-state index contributed by atoms with van der Waals surface area (Å²) in [7, 11) is 0. The van der Waals surface area contributed by atoms with Crippen LogP contribution in [0.5, 0.6) is 5.75 Å². The Morgan fingerprint density at radius 2 is 1.84 bits per heavy atom. The second kappa shape index (κ2) is 6.06. The van der Waals surface area contributed by atoms with E-state index in [9.17, 15) is 5.11 Å². The van der Waals surface area contributed by atoms with Crippen molar-refractivity contribution in [2.75, 3.05) is 0 Å². The van der Waals surface area contributed by atoms with Gasteiger partial charge in [-0.3, -0.25) is 4.98 Å². The minimum atomic E-state index is 0.290. The highest BCUT2D eigenvalue weighted by atomic mass is 16.3. The highest BCUT2D eigenvalue weighted by molar-refractivity contribution is 5.89. The summed E-state index contributed by atoms with van der Waals surface area (Å²) in [5, 5.41) is 15.3. The highest BCUT2D eigenvalue weighted by Gasteiger charge is 2.12. The van der Waals surface area contributed by atoms with Crippen molar-refractivity contribution in [1.82, 2.24) is 14.8 Å². The van der Waals surface area contributed by atoms with Gasteiger partial charge in [-0.25, -0.2) is 4.68 Å². The summed E-state index contributed by atoms with van der Waals surface area (Å²) in [5.74, 6) is 0.290. The zero-order valence-corrected chi connectivity index (χ0v) is 14.3. The molecular formula is C21H19N3O. The summed E-state index contributed by atoms with van der Waals surface area (Å²) in [4.78, 5) is 4.38. The maximum atomic E-state index is 10.2. The van der Waals surface area contributed by atoms with Gasteiger partial charge in [0, 0.05) is 24.0 Å². The van der Waals surface area contributed by atoms with E-state index in [0.717, 1.165) is 28.6 Å². The number of aromatic nitrogens is 3. The molecule has 0 radical (unpaired) electrons. The molecule has 0 fully saturated rings. The van der Waals surface area contributed by atoms with E-state index in [1.54, 1.807) is 18.5 Å². The summed E-state index contributed by atoms with van der Waals surface area (Å²) >= 11 is 0. The van der Waals surface area contributed by atoms with E-state index >= 15 is 0 Å². The molecule has 0 aliphatic carbocycles. The fraction of sp³-hybridized carbons (Fsp3) is 0.143. The highest BCUT2D eigenvalue weighted by Crippen LogP contribution is 2.31. The number of nitrogens with zero attached hydrogens (tertiary/aromatic N) is 3. The lowest BCUT2D eigenvalue weighted by molar-refractivity contribution is 0.481. The molecule has 4 nitrogen and oxygen atoms in total.